The van der Waals surface area contributed by atoms with Gasteiger partial charge < -0.3 is 10.2 Å². The molecular formula is C19H25ClN2O2. The van der Waals surface area contributed by atoms with Gasteiger partial charge in [0.25, 0.3) is 0 Å². The molecule has 1 atom stereocenters. The molecule has 3 rings (SSSR count). The number of anilines is 1. The second kappa shape index (κ2) is 8.02. The summed E-state index contributed by atoms with van der Waals surface area (Å²) in [6.45, 7) is 0.587. The highest BCUT2D eigenvalue weighted by atomic mass is 35.5. The fraction of sp³-hybridized carbons (Fsp3) is 0.579. The second-order valence-electron chi connectivity index (χ2n) is 6.86. The highest BCUT2D eigenvalue weighted by Crippen LogP contribution is 2.27. The smallest absolute Gasteiger partial charge is 0.239 e. The molecule has 1 aliphatic carbocycles. The fourth-order valence-electron chi connectivity index (χ4n) is 3.70. The lowest BCUT2D eigenvalue weighted by Gasteiger charge is -2.22. The number of hydrogen-bond donors (Lipinski definition) is 1. The van der Waals surface area contributed by atoms with E-state index in [1.165, 1.54) is 32.1 Å². The van der Waals surface area contributed by atoms with E-state index in [9.17, 15) is 9.59 Å². The minimum absolute atomic E-state index is 0.0953. The Balaban J connectivity index is 1.59. The van der Waals surface area contributed by atoms with Gasteiger partial charge in [-0.3, -0.25) is 9.59 Å². The zero-order valence-electron chi connectivity index (χ0n) is 14.0. The number of amides is 2. The van der Waals surface area contributed by atoms with Gasteiger partial charge in [-0.15, -0.1) is 0 Å². The Morgan fingerprint density at radius 1 is 1.00 bits per heavy atom. The van der Waals surface area contributed by atoms with E-state index in [0.29, 0.717) is 18.0 Å². The molecule has 2 aliphatic rings. The van der Waals surface area contributed by atoms with E-state index >= 15 is 0 Å². The van der Waals surface area contributed by atoms with Gasteiger partial charge in [0, 0.05) is 23.3 Å². The van der Waals surface area contributed by atoms with Gasteiger partial charge in [-0.2, -0.15) is 0 Å². The summed E-state index contributed by atoms with van der Waals surface area (Å²) in [6.07, 6.45) is 8.79. The molecule has 130 valence electrons. The number of benzene rings is 1. The Morgan fingerprint density at radius 3 is 2.29 bits per heavy atom. The summed E-state index contributed by atoms with van der Waals surface area (Å²) in [7, 11) is 0. The highest BCUT2D eigenvalue weighted by Gasteiger charge is 2.38. The molecule has 1 saturated heterocycles. The van der Waals surface area contributed by atoms with Gasteiger partial charge in [0.05, 0.1) is 0 Å². The number of rotatable bonds is 3. The van der Waals surface area contributed by atoms with E-state index in [2.05, 4.69) is 5.32 Å². The molecule has 0 bridgehead atoms. The summed E-state index contributed by atoms with van der Waals surface area (Å²) in [6, 6.07) is 7.43. The Kier molecular flexibility index (Phi) is 5.77. The molecule has 4 nitrogen and oxygen atoms in total. The van der Waals surface area contributed by atoms with E-state index in [-0.39, 0.29) is 17.9 Å². The van der Waals surface area contributed by atoms with E-state index in [1.807, 2.05) is 12.1 Å². The largest absolute Gasteiger partial charge is 0.353 e. The number of nitrogens with zero attached hydrogens (tertiary/aromatic N) is 1. The van der Waals surface area contributed by atoms with Crippen LogP contribution in [0.5, 0.6) is 0 Å². The Labute approximate surface area is 148 Å². The molecule has 1 aromatic carbocycles. The van der Waals surface area contributed by atoms with E-state index < -0.39 is 5.92 Å². The first-order valence-corrected chi connectivity index (χ1v) is 9.40. The van der Waals surface area contributed by atoms with Gasteiger partial charge in [-0.1, -0.05) is 43.7 Å². The number of hydrogen-bond acceptors (Lipinski definition) is 2. The van der Waals surface area contributed by atoms with Crippen LogP contribution in [0.3, 0.4) is 0 Å². The third-order valence-corrected chi connectivity index (χ3v) is 5.36. The van der Waals surface area contributed by atoms with Crippen LogP contribution in [0.25, 0.3) is 0 Å². The monoisotopic (exact) mass is 348 g/mol. The average molecular weight is 349 g/mol. The van der Waals surface area contributed by atoms with Crippen LogP contribution in [0.2, 0.25) is 5.02 Å². The maximum absolute atomic E-state index is 12.6. The highest BCUT2D eigenvalue weighted by molar-refractivity contribution is 6.30. The van der Waals surface area contributed by atoms with Crippen molar-refractivity contribution in [3.05, 3.63) is 29.3 Å². The van der Waals surface area contributed by atoms with Crippen LogP contribution in [-0.4, -0.2) is 24.4 Å². The molecule has 1 saturated carbocycles. The van der Waals surface area contributed by atoms with Crippen molar-refractivity contribution >= 4 is 29.1 Å². The van der Waals surface area contributed by atoms with Gasteiger partial charge in [0.15, 0.2) is 0 Å². The SMILES string of the molecule is O=C(NC1CCCCCCC1)[C@@H]1CCN(c2ccc(Cl)cc2)C1=O. The van der Waals surface area contributed by atoms with Crippen molar-refractivity contribution in [2.75, 3.05) is 11.4 Å². The van der Waals surface area contributed by atoms with Crippen LogP contribution in [0.15, 0.2) is 24.3 Å². The molecule has 1 aliphatic heterocycles. The van der Waals surface area contributed by atoms with Gasteiger partial charge in [-0.05, 0) is 43.5 Å². The van der Waals surface area contributed by atoms with Crippen LogP contribution in [0.4, 0.5) is 5.69 Å². The number of halogens is 1. The molecule has 0 aromatic heterocycles. The molecular weight excluding hydrogens is 324 g/mol. The van der Waals surface area contributed by atoms with E-state index in [1.54, 1.807) is 17.0 Å². The summed E-state index contributed by atoms with van der Waals surface area (Å²) in [5.74, 6) is -0.742. The molecule has 1 heterocycles. The van der Waals surface area contributed by atoms with Crippen molar-refractivity contribution in [2.45, 2.75) is 57.4 Å². The van der Waals surface area contributed by atoms with E-state index in [0.717, 1.165) is 18.5 Å². The van der Waals surface area contributed by atoms with Gasteiger partial charge >= 0.3 is 0 Å². The van der Waals surface area contributed by atoms with Crippen molar-refractivity contribution in [3.8, 4) is 0 Å². The van der Waals surface area contributed by atoms with Crippen LogP contribution in [-0.2, 0) is 9.59 Å². The van der Waals surface area contributed by atoms with Crippen molar-refractivity contribution < 1.29 is 9.59 Å². The van der Waals surface area contributed by atoms with Crippen molar-refractivity contribution in [2.24, 2.45) is 5.92 Å². The fourth-order valence-corrected chi connectivity index (χ4v) is 3.83. The first-order valence-electron chi connectivity index (χ1n) is 9.02. The van der Waals surface area contributed by atoms with Gasteiger partial charge in [0.1, 0.15) is 5.92 Å². The zero-order chi connectivity index (χ0) is 16.9. The normalized spacial score (nSPS) is 23.0. The molecule has 0 spiro atoms. The quantitative estimate of drug-likeness (QED) is 0.841. The maximum Gasteiger partial charge on any atom is 0.239 e. The Morgan fingerprint density at radius 2 is 1.62 bits per heavy atom. The summed E-state index contributed by atoms with van der Waals surface area (Å²) in [4.78, 5) is 26.9. The summed E-state index contributed by atoms with van der Waals surface area (Å²) >= 11 is 5.90. The molecule has 5 heteroatoms. The van der Waals surface area contributed by atoms with Crippen LogP contribution < -0.4 is 10.2 Å². The molecule has 2 fully saturated rings. The summed E-state index contributed by atoms with van der Waals surface area (Å²) in [5.41, 5.74) is 0.811. The lowest BCUT2D eigenvalue weighted by atomic mass is 9.96. The average Bonchev–Trinajstić information content (AvgIpc) is 2.92. The third-order valence-electron chi connectivity index (χ3n) is 5.11. The lowest BCUT2D eigenvalue weighted by Crippen LogP contribution is -2.42. The van der Waals surface area contributed by atoms with Gasteiger partial charge in [0.2, 0.25) is 11.8 Å². The Bertz CT molecular complexity index is 580. The minimum Gasteiger partial charge on any atom is -0.353 e. The Hall–Kier alpha value is -1.55. The van der Waals surface area contributed by atoms with Crippen molar-refractivity contribution in [1.82, 2.24) is 5.32 Å². The topological polar surface area (TPSA) is 49.4 Å². The number of carbonyl (C=O) groups excluding carboxylic acids is 2. The summed E-state index contributed by atoms with van der Waals surface area (Å²) < 4.78 is 0. The van der Waals surface area contributed by atoms with Crippen LogP contribution >= 0.6 is 11.6 Å². The number of carbonyl (C=O) groups is 2. The predicted octanol–water partition coefficient (Wildman–Crippen LogP) is 3.92. The summed E-state index contributed by atoms with van der Waals surface area (Å²) in [5, 5.41) is 3.78. The molecule has 0 unspecified atom stereocenters. The molecule has 1 aromatic rings. The van der Waals surface area contributed by atoms with Crippen molar-refractivity contribution in [3.63, 3.8) is 0 Å². The predicted molar refractivity (Wildman–Crippen MR) is 96.2 cm³/mol. The van der Waals surface area contributed by atoms with Crippen molar-refractivity contribution in [1.29, 1.82) is 0 Å². The third kappa shape index (κ3) is 4.10. The van der Waals surface area contributed by atoms with Gasteiger partial charge in [-0.25, -0.2) is 0 Å². The zero-order valence-corrected chi connectivity index (χ0v) is 14.7. The lowest BCUT2D eigenvalue weighted by molar-refractivity contribution is -0.132. The molecule has 1 N–H and O–H groups in total. The molecule has 2 amide bonds. The maximum atomic E-state index is 12.6. The second-order valence-corrected chi connectivity index (χ2v) is 7.29. The standard InChI is InChI=1S/C19H25ClN2O2/c20-14-8-10-16(11-9-14)22-13-12-17(19(22)24)18(23)21-15-6-4-2-1-3-5-7-15/h8-11,15,17H,1-7,12-13H2,(H,21,23)/t17-/m0/s1. The van der Waals surface area contributed by atoms with Crippen LogP contribution in [0.1, 0.15) is 51.4 Å². The van der Waals surface area contributed by atoms with Crippen LogP contribution in [0, 0.1) is 5.92 Å². The first-order chi connectivity index (χ1) is 11.6. The number of nitrogens with one attached hydrogen (secondary N) is 1. The molecule has 0 radical (unpaired) electrons. The minimum atomic E-state index is -0.550. The first kappa shape index (κ1) is 17.3. The van der Waals surface area contributed by atoms with E-state index in [4.69, 9.17) is 11.6 Å². The molecule has 24 heavy (non-hydrogen) atoms.